The summed E-state index contributed by atoms with van der Waals surface area (Å²) in [5.41, 5.74) is 7.17. The van der Waals surface area contributed by atoms with E-state index in [2.05, 4.69) is 55.9 Å². The minimum absolute atomic E-state index is 0.0377. The predicted molar refractivity (Wildman–Crippen MR) is 256 cm³/mol. The molecule has 0 saturated carbocycles. The molecule has 10 rings (SSSR count). The molecule has 4 bridgehead atoms. The molecule has 0 radical (unpaired) electrons. The van der Waals surface area contributed by atoms with E-state index in [4.69, 9.17) is 30.8 Å². The minimum Gasteiger partial charge on any atom is -0.496 e. The number of fused-ring (bicyclic) bond motifs is 6. The van der Waals surface area contributed by atoms with Crippen LogP contribution in [0, 0.1) is 12.7 Å². The van der Waals surface area contributed by atoms with Gasteiger partial charge in [0.1, 0.15) is 35.1 Å². The van der Waals surface area contributed by atoms with E-state index in [1.165, 1.54) is 29.8 Å². The van der Waals surface area contributed by atoms with Crippen LogP contribution < -0.4 is 14.2 Å². The van der Waals surface area contributed by atoms with Gasteiger partial charge in [-0.05, 0) is 117 Å². The Labute approximate surface area is 392 Å². The average molecular weight is 929 g/mol. The quantitative estimate of drug-likeness (QED) is 0.133. The largest absolute Gasteiger partial charge is 0.496 e. The maximum atomic E-state index is 14.3. The van der Waals surface area contributed by atoms with E-state index in [0.717, 1.165) is 82.8 Å². The summed E-state index contributed by atoms with van der Waals surface area (Å²) in [6, 6.07) is 26.3. The molecule has 1 saturated heterocycles. The topological polar surface area (TPSA) is 126 Å². The Bertz CT molecular complexity index is 2870. The van der Waals surface area contributed by atoms with Crippen LogP contribution in [0.4, 0.5) is 4.39 Å². The Morgan fingerprint density at radius 3 is 2.48 bits per heavy atom. The zero-order chi connectivity index (χ0) is 45.9. The summed E-state index contributed by atoms with van der Waals surface area (Å²) < 4.78 is 32.9. The molecule has 1 fully saturated rings. The van der Waals surface area contributed by atoms with Gasteiger partial charge in [-0.1, -0.05) is 60.1 Å². The monoisotopic (exact) mass is 927 g/mol. The number of ether oxygens (including phenoxy) is 3. The lowest BCUT2D eigenvalue weighted by molar-refractivity contribution is -0.145. The molecule has 3 aliphatic heterocycles. The molecular weight excluding hydrogens is 877 g/mol. The molecule has 0 spiro atoms. The van der Waals surface area contributed by atoms with Crippen molar-refractivity contribution in [3.8, 4) is 50.3 Å². The van der Waals surface area contributed by atoms with Crippen LogP contribution in [0.15, 0.2) is 97.5 Å². The zero-order valence-electron chi connectivity index (χ0n) is 37.3. The van der Waals surface area contributed by atoms with Gasteiger partial charge in [0, 0.05) is 60.3 Å². The van der Waals surface area contributed by atoms with E-state index < -0.39 is 12.1 Å². The first kappa shape index (κ1) is 45.1. The summed E-state index contributed by atoms with van der Waals surface area (Å²) >= 11 is 8.81. The van der Waals surface area contributed by atoms with E-state index in [9.17, 15) is 14.3 Å². The van der Waals surface area contributed by atoms with Crippen LogP contribution in [-0.2, 0) is 30.9 Å². The fraction of sp³-hybridized carbons (Fsp3) is 0.314. The van der Waals surface area contributed by atoms with Gasteiger partial charge in [0.2, 0.25) is 12.0 Å². The van der Waals surface area contributed by atoms with Crippen molar-refractivity contribution in [3.05, 3.63) is 136 Å². The van der Waals surface area contributed by atoms with Crippen LogP contribution in [0.3, 0.4) is 0 Å². The van der Waals surface area contributed by atoms with Crippen LogP contribution >= 0.6 is 22.9 Å². The molecule has 66 heavy (non-hydrogen) atoms. The Morgan fingerprint density at radius 2 is 1.71 bits per heavy atom. The number of likely N-dealkylation sites (tertiary alicyclic amines) is 1. The second-order valence-corrected chi connectivity index (χ2v) is 18.5. The van der Waals surface area contributed by atoms with Crippen molar-refractivity contribution in [2.75, 3.05) is 47.4 Å². The number of benzene rings is 4. The first-order chi connectivity index (χ1) is 32.0. The van der Waals surface area contributed by atoms with Crippen LogP contribution in [0.25, 0.3) is 43.2 Å². The van der Waals surface area contributed by atoms with E-state index in [1.807, 2.05) is 49.4 Å². The smallest absolute Gasteiger partial charge is 0.345 e. The highest BCUT2D eigenvalue weighted by Crippen LogP contribution is 2.49. The summed E-state index contributed by atoms with van der Waals surface area (Å²) in [6.45, 7) is 6.97. The predicted octanol–water partition coefficient (Wildman–Crippen LogP) is 9.59. The summed E-state index contributed by atoms with van der Waals surface area (Å²) in [5, 5.41) is 12.1. The molecule has 340 valence electrons. The second-order valence-electron chi connectivity index (χ2n) is 17.1. The number of carboxylic acid groups (broad SMARTS) is 1. The van der Waals surface area contributed by atoms with E-state index >= 15 is 0 Å². The number of rotatable bonds is 11. The van der Waals surface area contributed by atoms with Crippen LogP contribution in [0.5, 0.6) is 17.4 Å². The maximum Gasteiger partial charge on any atom is 0.345 e. The van der Waals surface area contributed by atoms with E-state index in [-0.39, 0.29) is 24.7 Å². The molecule has 0 aliphatic carbocycles. The van der Waals surface area contributed by atoms with E-state index in [0.29, 0.717) is 63.0 Å². The third-order valence-corrected chi connectivity index (χ3v) is 14.3. The Balaban J connectivity index is 1.12. The zero-order valence-corrected chi connectivity index (χ0v) is 38.9. The van der Waals surface area contributed by atoms with Crippen molar-refractivity contribution < 1.29 is 28.5 Å². The summed E-state index contributed by atoms with van der Waals surface area (Å²) in [7, 11) is 5.92. The van der Waals surface area contributed by atoms with Gasteiger partial charge in [-0.3, -0.25) is 4.90 Å². The van der Waals surface area contributed by atoms with Crippen molar-refractivity contribution in [3.63, 3.8) is 0 Å². The van der Waals surface area contributed by atoms with Crippen molar-refractivity contribution >= 4 is 39.1 Å². The molecule has 1 atom stereocenters. The summed E-state index contributed by atoms with van der Waals surface area (Å²) in [4.78, 5) is 40.5. The number of carbonyl (C=O) groups is 1. The number of methoxy groups -OCH3 is 1. The molecule has 6 heterocycles. The summed E-state index contributed by atoms with van der Waals surface area (Å²) in [5.74, 6) is 0.231. The van der Waals surface area contributed by atoms with Crippen molar-refractivity contribution in [1.82, 2.24) is 34.6 Å². The number of nitrogens with zero attached hydrogens (tertiary/aromatic N) is 7. The number of hydrogen-bond acceptors (Lipinski definition) is 12. The second kappa shape index (κ2) is 19.8. The minimum atomic E-state index is -1.37. The van der Waals surface area contributed by atoms with Gasteiger partial charge in [-0.15, -0.1) is 11.3 Å². The number of aliphatic carboxylic acids is 1. The molecule has 3 aliphatic rings. The van der Waals surface area contributed by atoms with Gasteiger partial charge in [0.05, 0.1) is 23.8 Å². The van der Waals surface area contributed by atoms with Crippen molar-refractivity contribution in [1.29, 1.82) is 0 Å². The lowest BCUT2D eigenvalue weighted by Crippen LogP contribution is -2.44. The standard InChI is InChI=1S/C51H51ClFN7O5S/c1-31-39-15-12-34(46(31)52)28-60(24-23-59-21-18-38(19-22-59)58(2)3)27-32-9-16-41(64-29-37-17-20-54-48(57-37)40-7-5-6-8-42(40)63-4)35(25-32)26-43(51(61)62)65-49-45-44(39)47(66-50(45)56-30-55-49)33-10-13-36(53)14-11-33/h5-17,20,25,30,38,43H,18-19,21-24,26-29H2,1-4H3,(H,61,62)/t43-/m1/s1. The van der Waals surface area contributed by atoms with Gasteiger partial charge >= 0.3 is 5.97 Å². The average Bonchev–Trinajstić information content (AvgIpc) is 3.72. The maximum absolute atomic E-state index is 14.3. The van der Waals surface area contributed by atoms with Gasteiger partial charge in [-0.2, -0.15) is 0 Å². The molecule has 0 amide bonds. The highest BCUT2D eigenvalue weighted by molar-refractivity contribution is 7.22. The molecule has 7 aromatic rings. The Morgan fingerprint density at radius 1 is 0.924 bits per heavy atom. The van der Waals surface area contributed by atoms with Gasteiger partial charge in [-0.25, -0.2) is 29.1 Å². The third-order valence-electron chi connectivity index (χ3n) is 12.6. The van der Waals surface area contributed by atoms with Crippen molar-refractivity contribution in [2.45, 2.75) is 58.0 Å². The normalized spacial score (nSPS) is 16.1. The SMILES string of the molecule is COc1ccccc1-c1nccc(COc2ccc3cc2C[C@H](C(=O)O)Oc2ncnc4sc(-c5ccc(F)cc5)c(c24)-c2ccc(c(Cl)c2C)CN(CCN2CCC(N(C)C)CC2)C3)n1. The highest BCUT2D eigenvalue weighted by Gasteiger charge is 2.30. The highest BCUT2D eigenvalue weighted by atomic mass is 35.5. The fourth-order valence-electron chi connectivity index (χ4n) is 8.98. The molecular formula is C51H51ClFN7O5S. The van der Waals surface area contributed by atoms with Crippen LogP contribution in [0.1, 0.15) is 40.8 Å². The molecule has 4 aromatic carbocycles. The van der Waals surface area contributed by atoms with Crippen LogP contribution in [-0.4, -0.2) is 105 Å². The number of piperidine rings is 1. The number of hydrogen-bond donors (Lipinski definition) is 1. The lowest BCUT2D eigenvalue weighted by atomic mass is 9.94. The molecule has 12 nitrogen and oxygen atoms in total. The molecule has 0 unspecified atom stereocenters. The number of halogens is 2. The molecule has 15 heteroatoms. The van der Waals surface area contributed by atoms with Crippen LogP contribution in [0.2, 0.25) is 5.02 Å². The third kappa shape index (κ3) is 9.74. The number of carboxylic acids is 1. The number of thiophene rings is 1. The molecule has 3 aromatic heterocycles. The van der Waals surface area contributed by atoms with E-state index in [1.54, 1.807) is 31.5 Å². The number of para-hydroxylation sites is 1. The molecule has 1 N–H and O–H groups in total. The Hall–Kier alpha value is -6.03. The Kier molecular flexibility index (Phi) is 13.6. The number of aromatic nitrogens is 4. The summed E-state index contributed by atoms with van der Waals surface area (Å²) in [6.07, 6.45) is 3.89. The van der Waals surface area contributed by atoms with Gasteiger partial charge in [0.25, 0.3) is 0 Å². The first-order valence-corrected chi connectivity index (χ1v) is 23.2. The first-order valence-electron chi connectivity index (χ1n) is 22.0. The lowest BCUT2D eigenvalue weighted by Gasteiger charge is -2.36. The van der Waals surface area contributed by atoms with Gasteiger partial charge in [0.15, 0.2) is 5.82 Å². The van der Waals surface area contributed by atoms with Gasteiger partial charge < -0.3 is 29.1 Å². The fourth-order valence-corrected chi connectivity index (χ4v) is 10.4. The van der Waals surface area contributed by atoms with Crippen molar-refractivity contribution in [2.24, 2.45) is 0 Å².